The number of hydrogen-bond acceptors (Lipinski definition) is 4. The van der Waals surface area contributed by atoms with Crippen molar-refractivity contribution in [3.8, 4) is 0 Å². The molecule has 0 unspecified atom stereocenters. The molecule has 0 aliphatic carbocycles. The van der Waals surface area contributed by atoms with Crippen LogP contribution in [0.3, 0.4) is 0 Å². The summed E-state index contributed by atoms with van der Waals surface area (Å²) in [4.78, 5) is 11.2. The highest BCUT2D eigenvalue weighted by molar-refractivity contribution is 9.10. The number of anilines is 1. The Balaban J connectivity index is 1.91. The molecule has 0 saturated carbocycles. The third-order valence-electron chi connectivity index (χ3n) is 2.36. The van der Waals surface area contributed by atoms with E-state index in [1.807, 2.05) is 6.07 Å². The number of aromatic nitrogens is 2. The van der Waals surface area contributed by atoms with Gasteiger partial charge in [0.05, 0.1) is 29.2 Å². The summed E-state index contributed by atoms with van der Waals surface area (Å²) in [6.07, 6.45) is 5.06. The number of nitrogens with zero attached hydrogens (tertiary/aromatic N) is 2. The van der Waals surface area contributed by atoms with E-state index in [0.29, 0.717) is 6.54 Å². The fourth-order valence-electron chi connectivity index (χ4n) is 1.40. The molecule has 2 N–H and O–H groups in total. The zero-order chi connectivity index (χ0) is 13.0. The van der Waals surface area contributed by atoms with Crippen molar-refractivity contribution in [2.24, 2.45) is 0 Å². The summed E-state index contributed by atoms with van der Waals surface area (Å²) in [7, 11) is 1.60. The Morgan fingerprint density at radius 1 is 1.61 bits per heavy atom. The standard InChI is InChI=1S/C11H13BrN4O2/c1-13-11(17)7-16-6-8(4-15-16)14-5-10-9(12)2-3-18-10/h2-4,6,14H,5,7H2,1H3,(H,13,17). The van der Waals surface area contributed by atoms with E-state index in [9.17, 15) is 4.79 Å². The van der Waals surface area contributed by atoms with E-state index in [4.69, 9.17) is 4.42 Å². The van der Waals surface area contributed by atoms with Gasteiger partial charge in [-0.15, -0.1) is 0 Å². The van der Waals surface area contributed by atoms with Crippen LogP contribution in [0.15, 0.2) is 33.6 Å². The number of hydrogen-bond donors (Lipinski definition) is 2. The molecular weight excluding hydrogens is 300 g/mol. The number of carbonyl (C=O) groups excluding carboxylic acids is 1. The van der Waals surface area contributed by atoms with E-state index in [1.54, 1.807) is 30.4 Å². The average Bonchev–Trinajstić information content (AvgIpc) is 2.96. The Morgan fingerprint density at radius 2 is 2.44 bits per heavy atom. The maximum absolute atomic E-state index is 11.2. The van der Waals surface area contributed by atoms with Gasteiger partial charge in [0.2, 0.25) is 5.91 Å². The second-order valence-electron chi connectivity index (χ2n) is 3.65. The van der Waals surface area contributed by atoms with Crippen molar-refractivity contribution in [3.05, 3.63) is 35.0 Å². The first kappa shape index (κ1) is 12.7. The molecule has 2 aromatic heterocycles. The SMILES string of the molecule is CNC(=O)Cn1cc(NCc2occc2Br)cn1. The lowest BCUT2D eigenvalue weighted by Crippen LogP contribution is -2.23. The molecule has 2 rings (SSSR count). The molecule has 0 aromatic carbocycles. The van der Waals surface area contributed by atoms with E-state index < -0.39 is 0 Å². The van der Waals surface area contributed by atoms with Gasteiger partial charge in [-0.3, -0.25) is 9.48 Å². The molecule has 0 fully saturated rings. The van der Waals surface area contributed by atoms with Gasteiger partial charge in [0.1, 0.15) is 12.3 Å². The van der Waals surface area contributed by atoms with Crippen LogP contribution in [0.1, 0.15) is 5.76 Å². The van der Waals surface area contributed by atoms with Crippen LogP contribution < -0.4 is 10.6 Å². The van der Waals surface area contributed by atoms with Crippen LogP contribution in [-0.4, -0.2) is 22.7 Å². The van der Waals surface area contributed by atoms with Gasteiger partial charge in [0, 0.05) is 13.2 Å². The molecule has 0 spiro atoms. The van der Waals surface area contributed by atoms with Gasteiger partial charge >= 0.3 is 0 Å². The van der Waals surface area contributed by atoms with E-state index >= 15 is 0 Å². The Kier molecular flexibility index (Phi) is 4.03. The van der Waals surface area contributed by atoms with Gasteiger partial charge in [-0.1, -0.05) is 0 Å². The number of nitrogens with one attached hydrogen (secondary N) is 2. The summed E-state index contributed by atoms with van der Waals surface area (Å²) < 4.78 is 7.77. The molecule has 96 valence electrons. The minimum Gasteiger partial charge on any atom is -0.466 e. The summed E-state index contributed by atoms with van der Waals surface area (Å²) in [6.45, 7) is 0.766. The highest BCUT2D eigenvalue weighted by Gasteiger charge is 2.05. The van der Waals surface area contributed by atoms with Gasteiger partial charge < -0.3 is 15.1 Å². The van der Waals surface area contributed by atoms with E-state index in [1.165, 1.54) is 0 Å². The van der Waals surface area contributed by atoms with Crippen molar-refractivity contribution in [3.63, 3.8) is 0 Å². The number of rotatable bonds is 5. The van der Waals surface area contributed by atoms with Crippen LogP contribution in [0.2, 0.25) is 0 Å². The molecule has 0 atom stereocenters. The Hall–Kier alpha value is -1.76. The third kappa shape index (κ3) is 3.13. The smallest absolute Gasteiger partial charge is 0.241 e. The van der Waals surface area contributed by atoms with Gasteiger partial charge in [-0.2, -0.15) is 5.10 Å². The number of halogens is 1. The quantitative estimate of drug-likeness (QED) is 0.879. The molecule has 2 aromatic rings. The van der Waals surface area contributed by atoms with Crippen molar-refractivity contribution in [1.82, 2.24) is 15.1 Å². The second-order valence-corrected chi connectivity index (χ2v) is 4.50. The zero-order valence-corrected chi connectivity index (χ0v) is 11.4. The van der Waals surface area contributed by atoms with E-state index in [0.717, 1.165) is 15.9 Å². The summed E-state index contributed by atoms with van der Waals surface area (Å²) in [5.41, 5.74) is 0.835. The summed E-state index contributed by atoms with van der Waals surface area (Å²) >= 11 is 3.38. The topological polar surface area (TPSA) is 72.1 Å². The molecule has 0 saturated heterocycles. The van der Waals surface area contributed by atoms with Crippen molar-refractivity contribution in [2.75, 3.05) is 12.4 Å². The van der Waals surface area contributed by atoms with Gasteiger partial charge in [-0.25, -0.2) is 0 Å². The molecule has 0 aliphatic rings. The first-order valence-electron chi connectivity index (χ1n) is 5.38. The van der Waals surface area contributed by atoms with Crippen LogP contribution in [0.25, 0.3) is 0 Å². The molecular formula is C11H13BrN4O2. The maximum atomic E-state index is 11.2. The van der Waals surface area contributed by atoms with Crippen LogP contribution in [0.4, 0.5) is 5.69 Å². The molecule has 0 radical (unpaired) electrons. The number of likely N-dealkylation sites (N-methyl/N-ethyl adjacent to an activating group) is 1. The van der Waals surface area contributed by atoms with Crippen LogP contribution in [0, 0.1) is 0 Å². The number of furan rings is 1. The Bertz CT molecular complexity index is 535. The second kappa shape index (κ2) is 5.72. The van der Waals surface area contributed by atoms with E-state index in [-0.39, 0.29) is 12.5 Å². The van der Waals surface area contributed by atoms with E-state index in [2.05, 4.69) is 31.7 Å². The maximum Gasteiger partial charge on any atom is 0.241 e. The minimum atomic E-state index is -0.0848. The normalized spacial score (nSPS) is 10.3. The predicted molar refractivity (Wildman–Crippen MR) is 70.0 cm³/mol. The van der Waals surface area contributed by atoms with Crippen LogP contribution >= 0.6 is 15.9 Å². The largest absolute Gasteiger partial charge is 0.466 e. The summed E-state index contributed by atoms with van der Waals surface area (Å²) in [5.74, 6) is 0.729. The lowest BCUT2D eigenvalue weighted by molar-refractivity contribution is -0.121. The fraction of sp³-hybridized carbons (Fsp3) is 0.273. The highest BCUT2D eigenvalue weighted by atomic mass is 79.9. The van der Waals surface area contributed by atoms with Crippen molar-refractivity contribution in [2.45, 2.75) is 13.1 Å². The first-order valence-corrected chi connectivity index (χ1v) is 6.17. The zero-order valence-electron chi connectivity index (χ0n) is 9.81. The minimum absolute atomic E-state index is 0.0848. The highest BCUT2D eigenvalue weighted by Crippen LogP contribution is 2.18. The molecule has 18 heavy (non-hydrogen) atoms. The van der Waals surface area contributed by atoms with Gasteiger partial charge in [-0.05, 0) is 22.0 Å². The molecule has 6 nitrogen and oxygen atoms in total. The number of carbonyl (C=O) groups is 1. The molecule has 0 bridgehead atoms. The fourth-order valence-corrected chi connectivity index (χ4v) is 1.74. The Morgan fingerprint density at radius 3 is 3.11 bits per heavy atom. The molecule has 0 aliphatic heterocycles. The van der Waals surface area contributed by atoms with Crippen molar-refractivity contribution in [1.29, 1.82) is 0 Å². The molecule has 7 heteroatoms. The predicted octanol–water partition coefficient (Wildman–Crippen LogP) is 1.60. The molecule has 2 heterocycles. The first-order chi connectivity index (χ1) is 8.69. The van der Waals surface area contributed by atoms with Crippen LogP contribution in [-0.2, 0) is 17.9 Å². The monoisotopic (exact) mass is 312 g/mol. The summed E-state index contributed by atoms with van der Waals surface area (Å²) in [6, 6.07) is 1.84. The lowest BCUT2D eigenvalue weighted by Gasteiger charge is -2.01. The van der Waals surface area contributed by atoms with Crippen molar-refractivity contribution >= 4 is 27.5 Å². The number of amides is 1. The lowest BCUT2D eigenvalue weighted by atomic mass is 10.4. The average molecular weight is 313 g/mol. The Labute approximate surface area is 112 Å². The summed E-state index contributed by atoms with van der Waals surface area (Å²) in [5, 5.41) is 9.78. The third-order valence-corrected chi connectivity index (χ3v) is 3.07. The van der Waals surface area contributed by atoms with Gasteiger partial charge in [0.15, 0.2) is 0 Å². The van der Waals surface area contributed by atoms with Crippen LogP contribution in [0.5, 0.6) is 0 Å². The van der Waals surface area contributed by atoms with Gasteiger partial charge in [0.25, 0.3) is 0 Å². The van der Waals surface area contributed by atoms with Crippen molar-refractivity contribution < 1.29 is 9.21 Å². The molecule has 1 amide bonds.